The van der Waals surface area contributed by atoms with Gasteiger partial charge in [-0.2, -0.15) is 0 Å². The number of anilines is 2. The van der Waals surface area contributed by atoms with Crippen molar-refractivity contribution in [2.24, 2.45) is 0 Å². The molecule has 0 saturated heterocycles. The fourth-order valence-corrected chi connectivity index (χ4v) is 5.27. The monoisotopic (exact) mass is 403 g/mol. The third-order valence-electron chi connectivity index (χ3n) is 2.38. The maximum absolute atomic E-state index is 3.52. The molecule has 1 aliphatic heterocycles. The van der Waals surface area contributed by atoms with Gasteiger partial charge in [0.05, 0.1) is 0 Å². The van der Waals surface area contributed by atoms with Gasteiger partial charge in [0, 0.05) is 0 Å². The Morgan fingerprint density at radius 1 is 0.812 bits per heavy atom. The second-order valence-corrected chi connectivity index (χ2v) is 7.61. The van der Waals surface area contributed by atoms with Crippen molar-refractivity contribution in [3.05, 3.63) is 45.3 Å². The molecular weight excluding hydrogens is 397 g/mol. The molecule has 3 rings (SSSR count). The molecule has 0 aliphatic carbocycles. The number of rotatable bonds is 0. The summed E-state index contributed by atoms with van der Waals surface area (Å²) in [7, 11) is 0. The zero-order valence-corrected chi connectivity index (χ0v) is 13.0. The van der Waals surface area contributed by atoms with Crippen molar-refractivity contribution in [2.75, 3.05) is 5.32 Å². The number of benzene rings is 2. The molecule has 0 aromatic heterocycles. The van der Waals surface area contributed by atoms with Gasteiger partial charge in [0.15, 0.2) is 0 Å². The molecule has 80 valence electrons. The first-order valence-corrected chi connectivity index (χ1v) is 8.06. The van der Waals surface area contributed by atoms with Crippen LogP contribution in [-0.2, 0) is 0 Å². The molecule has 0 atom stereocenters. The van der Waals surface area contributed by atoms with Crippen LogP contribution in [-0.4, -0.2) is 15.0 Å². The van der Waals surface area contributed by atoms with Gasteiger partial charge >= 0.3 is 118 Å². The summed E-state index contributed by atoms with van der Waals surface area (Å²) < 4.78 is 5.08. The van der Waals surface area contributed by atoms with Gasteiger partial charge in [-0.15, -0.1) is 0 Å². The van der Waals surface area contributed by atoms with E-state index in [2.05, 4.69) is 73.6 Å². The average Bonchev–Trinajstić information content (AvgIpc) is 2.26. The van der Waals surface area contributed by atoms with Crippen molar-refractivity contribution in [1.82, 2.24) is 0 Å². The van der Waals surface area contributed by atoms with Crippen molar-refractivity contribution in [3.63, 3.8) is 0 Å². The van der Waals surface area contributed by atoms with Crippen LogP contribution in [0.4, 0.5) is 11.4 Å². The molecule has 16 heavy (non-hydrogen) atoms. The summed E-state index contributed by atoms with van der Waals surface area (Å²) in [6.45, 7) is 0. The molecule has 1 aliphatic rings. The van der Waals surface area contributed by atoms with E-state index in [1.807, 2.05) is 0 Å². The van der Waals surface area contributed by atoms with E-state index < -0.39 is 0 Å². The number of hydrogen-bond acceptors (Lipinski definition) is 1. The van der Waals surface area contributed by atoms with Gasteiger partial charge in [-0.3, -0.25) is 0 Å². The van der Waals surface area contributed by atoms with Crippen LogP contribution in [0.15, 0.2) is 45.3 Å². The van der Waals surface area contributed by atoms with Crippen LogP contribution < -0.4 is 14.2 Å². The Labute approximate surface area is 117 Å². The van der Waals surface area contributed by atoms with Gasteiger partial charge in [0.2, 0.25) is 0 Å². The Morgan fingerprint density at radius 2 is 1.31 bits per heavy atom. The van der Waals surface area contributed by atoms with E-state index in [9.17, 15) is 0 Å². The Morgan fingerprint density at radius 3 is 1.81 bits per heavy atom. The van der Waals surface area contributed by atoms with Gasteiger partial charge in [-0.05, 0) is 0 Å². The fraction of sp³-hybridized carbons (Fsp3) is 0. The summed E-state index contributed by atoms with van der Waals surface area (Å²) >= 11 is 7.41. The normalized spacial score (nSPS) is 12.6. The van der Waals surface area contributed by atoms with Crippen molar-refractivity contribution in [2.45, 2.75) is 0 Å². The van der Waals surface area contributed by atoms with Crippen LogP contribution in [0.25, 0.3) is 0 Å². The van der Waals surface area contributed by atoms with Crippen LogP contribution in [0.2, 0.25) is 0 Å². The number of hydrogen-bond donors (Lipinski definition) is 1. The molecule has 0 amide bonds. The van der Waals surface area contributed by atoms with Gasteiger partial charge in [-0.1, -0.05) is 0 Å². The van der Waals surface area contributed by atoms with Crippen molar-refractivity contribution in [3.8, 4) is 0 Å². The first-order valence-electron chi connectivity index (χ1n) is 4.76. The van der Waals surface area contributed by atoms with Crippen LogP contribution in [0.1, 0.15) is 0 Å². The van der Waals surface area contributed by atoms with Crippen LogP contribution in [0, 0.1) is 0 Å². The third kappa shape index (κ3) is 1.95. The van der Waals surface area contributed by atoms with Gasteiger partial charge in [-0.25, -0.2) is 0 Å². The van der Waals surface area contributed by atoms with Crippen LogP contribution in [0.3, 0.4) is 0 Å². The summed E-state index contributed by atoms with van der Waals surface area (Å²) in [4.78, 5) is 0. The molecule has 2 aromatic rings. The third-order valence-corrected chi connectivity index (χ3v) is 5.70. The number of fused-ring (bicyclic) bond motifs is 2. The maximum atomic E-state index is 3.52. The Bertz CT molecular complexity index is 519. The first-order chi connectivity index (χ1) is 7.72. The number of halogens is 2. The molecule has 0 unspecified atom stereocenters. The Balaban J connectivity index is 2.10. The summed E-state index contributed by atoms with van der Waals surface area (Å²) in [5, 5.41) is 3.47. The molecule has 0 fully saturated rings. The zero-order chi connectivity index (χ0) is 11.1. The van der Waals surface area contributed by atoms with Crippen molar-refractivity contribution >= 4 is 67.1 Å². The molecule has 1 N–H and O–H groups in total. The molecule has 1 nitrogen and oxygen atoms in total. The minimum absolute atomic E-state index is 0.378. The summed E-state index contributed by atoms with van der Waals surface area (Å²) in [5.74, 6) is 0. The van der Waals surface area contributed by atoms with E-state index in [1.54, 1.807) is 0 Å². The van der Waals surface area contributed by atoms with Crippen molar-refractivity contribution < 1.29 is 0 Å². The summed E-state index contributed by atoms with van der Waals surface area (Å²) in [5.41, 5.74) is 2.47. The summed E-state index contributed by atoms with van der Waals surface area (Å²) in [6.07, 6.45) is 0. The summed E-state index contributed by atoms with van der Waals surface area (Å²) in [6, 6.07) is 12.8. The zero-order valence-electron chi connectivity index (χ0n) is 8.13. The van der Waals surface area contributed by atoms with E-state index in [0.29, 0.717) is 15.0 Å². The average molecular weight is 404 g/mol. The van der Waals surface area contributed by atoms with Crippen LogP contribution >= 0.6 is 31.9 Å². The van der Waals surface area contributed by atoms with E-state index in [1.165, 1.54) is 20.3 Å². The molecule has 2 aromatic carbocycles. The Hall–Kier alpha value is -0.281. The quantitative estimate of drug-likeness (QED) is 0.569. The van der Waals surface area contributed by atoms with Gasteiger partial charge < -0.3 is 0 Å². The van der Waals surface area contributed by atoms with E-state index >= 15 is 0 Å². The molecular formula is C12H7Br2NSe. The molecule has 1 heterocycles. The molecule has 0 saturated carbocycles. The second kappa shape index (κ2) is 4.19. The second-order valence-electron chi connectivity index (χ2n) is 3.51. The minimum atomic E-state index is 0.378. The Kier molecular flexibility index (Phi) is 2.84. The van der Waals surface area contributed by atoms with Crippen LogP contribution in [0.5, 0.6) is 0 Å². The predicted octanol–water partition coefficient (Wildman–Crippen LogP) is 2.92. The molecule has 0 bridgehead atoms. The predicted molar refractivity (Wildman–Crippen MR) is 76.6 cm³/mol. The topological polar surface area (TPSA) is 12.0 Å². The number of nitrogens with one attached hydrogen (secondary N) is 1. The fourth-order valence-electron chi connectivity index (χ4n) is 1.63. The molecule has 4 heteroatoms. The van der Waals surface area contributed by atoms with E-state index in [-0.39, 0.29) is 0 Å². The van der Waals surface area contributed by atoms with E-state index in [4.69, 9.17) is 0 Å². The van der Waals surface area contributed by atoms with E-state index in [0.717, 1.165) is 8.95 Å². The standard InChI is InChI=1S/C12H7Br2NSe/c13-7-1-3-9-11(5-7)16-12-6-8(14)2-4-10(12)15-9/h1-6,15H. The van der Waals surface area contributed by atoms with Gasteiger partial charge in [0.1, 0.15) is 0 Å². The van der Waals surface area contributed by atoms with Crippen molar-refractivity contribution in [1.29, 1.82) is 0 Å². The molecule has 0 radical (unpaired) electrons. The SMILES string of the molecule is Brc1ccc2c(c1)[Se]c1cc(Br)ccc1N2. The first kappa shape index (κ1) is 10.8. The van der Waals surface area contributed by atoms with Gasteiger partial charge in [0.25, 0.3) is 0 Å². The molecule has 0 spiro atoms.